The van der Waals surface area contributed by atoms with Gasteiger partial charge in [-0.3, -0.25) is 10.1 Å². The van der Waals surface area contributed by atoms with Crippen LogP contribution in [0.3, 0.4) is 0 Å². The Labute approximate surface area is 113 Å². The highest BCUT2D eigenvalue weighted by molar-refractivity contribution is 6.32. The van der Waals surface area contributed by atoms with Crippen LogP contribution in [0.25, 0.3) is 0 Å². The lowest BCUT2D eigenvalue weighted by Crippen LogP contribution is -1.90. The van der Waals surface area contributed by atoms with E-state index in [1.54, 1.807) is 24.3 Å². The van der Waals surface area contributed by atoms with Gasteiger partial charge in [-0.25, -0.2) is 0 Å². The number of hydrogen-bond donors (Lipinski definition) is 0. The minimum atomic E-state index is -0.519. The van der Waals surface area contributed by atoms with E-state index in [1.165, 1.54) is 18.2 Å². The van der Waals surface area contributed by atoms with E-state index in [-0.39, 0.29) is 10.7 Å². The number of rotatable bonds is 3. The molecule has 0 amide bonds. The van der Waals surface area contributed by atoms with Crippen LogP contribution < -0.4 is 4.74 Å². The molecular formula is C12H7Cl2NO3. The zero-order valence-electron chi connectivity index (χ0n) is 8.97. The van der Waals surface area contributed by atoms with Crippen molar-refractivity contribution in [1.29, 1.82) is 0 Å². The van der Waals surface area contributed by atoms with Crippen LogP contribution in [-0.2, 0) is 0 Å². The minimum Gasteiger partial charge on any atom is -0.456 e. The molecule has 0 atom stereocenters. The van der Waals surface area contributed by atoms with Gasteiger partial charge in [0, 0.05) is 17.2 Å². The van der Waals surface area contributed by atoms with Gasteiger partial charge in [0.1, 0.15) is 11.5 Å². The van der Waals surface area contributed by atoms with Gasteiger partial charge in [0.05, 0.1) is 9.95 Å². The summed E-state index contributed by atoms with van der Waals surface area (Å²) in [5.74, 6) is 0.850. The van der Waals surface area contributed by atoms with E-state index in [0.717, 1.165) is 0 Å². The molecule has 92 valence electrons. The van der Waals surface area contributed by atoms with Crippen LogP contribution in [0.2, 0.25) is 10.0 Å². The van der Waals surface area contributed by atoms with Crippen molar-refractivity contribution in [3.05, 3.63) is 62.6 Å². The summed E-state index contributed by atoms with van der Waals surface area (Å²) in [6, 6.07) is 10.8. The molecule has 0 fully saturated rings. The molecule has 6 heteroatoms. The monoisotopic (exact) mass is 283 g/mol. The fraction of sp³-hybridized carbons (Fsp3) is 0. The Hall–Kier alpha value is -1.78. The molecule has 0 aliphatic heterocycles. The number of nitro groups is 1. The molecule has 0 spiro atoms. The maximum atomic E-state index is 10.6. The van der Waals surface area contributed by atoms with Crippen molar-refractivity contribution in [2.75, 3.05) is 0 Å². The molecule has 0 saturated carbocycles. The molecule has 0 bridgehead atoms. The first-order valence-electron chi connectivity index (χ1n) is 4.93. The second-order valence-electron chi connectivity index (χ2n) is 3.43. The van der Waals surface area contributed by atoms with E-state index in [1.807, 2.05) is 0 Å². The molecule has 2 aromatic rings. The molecule has 0 aliphatic rings. The third-order valence-electron chi connectivity index (χ3n) is 2.15. The van der Waals surface area contributed by atoms with Crippen LogP contribution in [0.4, 0.5) is 5.69 Å². The van der Waals surface area contributed by atoms with Crippen LogP contribution in [-0.4, -0.2) is 4.92 Å². The second-order valence-corrected chi connectivity index (χ2v) is 4.27. The lowest BCUT2D eigenvalue weighted by Gasteiger charge is -2.07. The van der Waals surface area contributed by atoms with Crippen molar-refractivity contribution in [2.45, 2.75) is 0 Å². The zero-order valence-corrected chi connectivity index (χ0v) is 10.5. The summed E-state index contributed by atoms with van der Waals surface area (Å²) < 4.78 is 5.49. The van der Waals surface area contributed by atoms with Crippen LogP contribution >= 0.6 is 23.2 Å². The molecule has 2 aromatic carbocycles. The lowest BCUT2D eigenvalue weighted by molar-refractivity contribution is -0.384. The van der Waals surface area contributed by atoms with Crippen molar-refractivity contribution in [1.82, 2.24) is 0 Å². The van der Waals surface area contributed by atoms with Gasteiger partial charge in [0.2, 0.25) is 0 Å². The van der Waals surface area contributed by atoms with Crippen molar-refractivity contribution in [3.63, 3.8) is 0 Å². The summed E-state index contributed by atoms with van der Waals surface area (Å²) >= 11 is 11.7. The van der Waals surface area contributed by atoms with Gasteiger partial charge in [0.15, 0.2) is 0 Å². The average Bonchev–Trinajstić information content (AvgIpc) is 2.31. The highest BCUT2D eigenvalue weighted by Gasteiger charge is 2.10. The number of nitro benzene ring substituents is 1. The Balaban J connectivity index is 2.27. The quantitative estimate of drug-likeness (QED) is 0.606. The van der Waals surface area contributed by atoms with E-state index < -0.39 is 4.92 Å². The zero-order chi connectivity index (χ0) is 13.1. The topological polar surface area (TPSA) is 52.4 Å². The average molecular weight is 284 g/mol. The van der Waals surface area contributed by atoms with Gasteiger partial charge >= 0.3 is 0 Å². The van der Waals surface area contributed by atoms with E-state index in [4.69, 9.17) is 27.9 Å². The Morgan fingerprint density at radius 2 is 1.89 bits per heavy atom. The summed E-state index contributed by atoms with van der Waals surface area (Å²) in [5.41, 5.74) is -0.0848. The molecule has 0 radical (unpaired) electrons. The highest BCUT2D eigenvalue weighted by Crippen LogP contribution is 2.32. The summed E-state index contributed by atoms with van der Waals surface area (Å²) in [5, 5.41) is 11.3. The lowest BCUT2D eigenvalue weighted by atomic mass is 10.3. The molecule has 0 aromatic heterocycles. The molecule has 0 saturated heterocycles. The summed E-state index contributed by atoms with van der Waals surface area (Å²) in [6.07, 6.45) is 0. The number of nitrogens with zero attached hydrogens (tertiary/aromatic N) is 1. The summed E-state index contributed by atoms with van der Waals surface area (Å²) in [6.45, 7) is 0. The normalized spacial score (nSPS) is 10.1. The van der Waals surface area contributed by atoms with Gasteiger partial charge in [-0.05, 0) is 24.3 Å². The van der Waals surface area contributed by atoms with E-state index >= 15 is 0 Å². The Morgan fingerprint density at radius 1 is 1.11 bits per heavy atom. The number of non-ortho nitro benzene ring substituents is 1. The second kappa shape index (κ2) is 5.25. The van der Waals surface area contributed by atoms with E-state index in [0.29, 0.717) is 16.5 Å². The van der Waals surface area contributed by atoms with Crippen molar-refractivity contribution in [2.24, 2.45) is 0 Å². The first kappa shape index (κ1) is 12.7. The first-order valence-corrected chi connectivity index (χ1v) is 5.69. The number of benzene rings is 2. The van der Waals surface area contributed by atoms with Crippen molar-refractivity contribution in [3.8, 4) is 11.5 Å². The number of hydrogen-bond acceptors (Lipinski definition) is 3. The molecule has 0 N–H and O–H groups in total. The first-order chi connectivity index (χ1) is 8.56. The smallest absolute Gasteiger partial charge is 0.271 e. The van der Waals surface area contributed by atoms with E-state index in [9.17, 15) is 10.1 Å². The van der Waals surface area contributed by atoms with Crippen LogP contribution in [0.15, 0.2) is 42.5 Å². The van der Waals surface area contributed by atoms with Crippen molar-refractivity contribution < 1.29 is 9.66 Å². The van der Waals surface area contributed by atoms with Crippen LogP contribution in [0.5, 0.6) is 11.5 Å². The fourth-order valence-corrected chi connectivity index (χ4v) is 1.74. The number of ether oxygens (including phenoxy) is 1. The maximum absolute atomic E-state index is 10.6. The Bertz CT molecular complexity index is 602. The van der Waals surface area contributed by atoms with Crippen LogP contribution in [0.1, 0.15) is 0 Å². The Morgan fingerprint density at radius 3 is 2.50 bits per heavy atom. The molecule has 0 heterocycles. The Kier molecular flexibility index (Phi) is 3.69. The van der Waals surface area contributed by atoms with Crippen LogP contribution in [0, 0.1) is 10.1 Å². The number of halogens is 2. The van der Waals surface area contributed by atoms with Gasteiger partial charge in [-0.15, -0.1) is 0 Å². The van der Waals surface area contributed by atoms with Gasteiger partial charge in [-0.2, -0.15) is 0 Å². The fourth-order valence-electron chi connectivity index (χ4n) is 1.34. The predicted octanol–water partition coefficient (Wildman–Crippen LogP) is 4.69. The highest BCUT2D eigenvalue weighted by atomic mass is 35.5. The molecular weight excluding hydrogens is 277 g/mol. The van der Waals surface area contributed by atoms with Gasteiger partial charge < -0.3 is 4.74 Å². The van der Waals surface area contributed by atoms with E-state index in [2.05, 4.69) is 0 Å². The maximum Gasteiger partial charge on any atom is 0.271 e. The molecule has 0 aliphatic carbocycles. The SMILES string of the molecule is O=[N+]([O-])c1ccc(Oc2cccc(Cl)c2)c(Cl)c1. The van der Waals surface area contributed by atoms with Crippen molar-refractivity contribution >= 4 is 28.9 Å². The predicted molar refractivity (Wildman–Crippen MR) is 69.6 cm³/mol. The third kappa shape index (κ3) is 2.91. The molecule has 4 nitrogen and oxygen atoms in total. The minimum absolute atomic E-state index is 0.0848. The summed E-state index contributed by atoms with van der Waals surface area (Å²) in [7, 11) is 0. The third-order valence-corrected chi connectivity index (χ3v) is 2.68. The standard InChI is InChI=1S/C12H7Cl2NO3/c13-8-2-1-3-10(6-8)18-12-5-4-9(15(16)17)7-11(12)14/h1-7H. The molecule has 0 unspecified atom stereocenters. The molecule has 2 rings (SSSR count). The van der Waals surface area contributed by atoms with Gasteiger partial charge in [0.25, 0.3) is 5.69 Å². The molecule has 18 heavy (non-hydrogen) atoms. The largest absolute Gasteiger partial charge is 0.456 e. The van der Waals surface area contributed by atoms with Gasteiger partial charge in [-0.1, -0.05) is 29.3 Å². The summed E-state index contributed by atoms with van der Waals surface area (Å²) in [4.78, 5) is 10.0.